The monoisotopic (exact) mass is 1630 g/mol. The number of hydrogen-bond acceptors (Lipinski definition) is 27. The molecule has 6 saturated heterocycles. The van der Waals surface area contributed by atoms with Gasteiger partial charge >= 0.3 is 93.6 Å². The van der Waals surface area contributed by atoms with E-state index in [1.807, 2.05) is 35.7 Å². The Morgan fingerprint density at radius 3 is 0.982 bits per heavy atom. The van der Waals surface area contributed by atoms with Gasteiger partial charge in [-0.05, 0) is 32.1 Å². The molecule has 0 saturated carbocycles. The van der Waals surface area contributed by atoms with E-state index >= 15 is 0 Å². The first-order valence-electron chi connectivity index (χ1n) is 33.7. The zero-order valence-electron chi connectivity index (χ0n) is 61.3. The topological polar surface area (TPSA) is 609 Å². The van der Waals surface area contributed by atoms with Crippen LogP contribution in [-0.4, -0.2) is 193 Å². The maximum Gasteiger partial charge on any atom is 1.00 e. The van der Waals surface area contributed by atoms with Crippen molar-refractivity contribution in [1.82, 2.24) is 57.3 Å². The third kappa shape index (κ3) is 23.6. The van der Waals surface area contributed by atoms with Crippen LogP contribution in [0, 0.1) is 11.8 Å². The molecule has 7 aliphatic heterocycles. The van der Waals surface area contributed by atoms with Gasteiger partial charge in [-0.3, -0.25) is 86.7 Å². The third-order valence-electron chi connectivity index (χ3n) is 17.8. The fourth-order valence-corrected chi connectivity index (χ4v) is 12.1. The molecular formula is C61H83F6N19Na2O24. The van der Waals surface area contributed by atoms with Gasteiger partial charge in [-0.1, -0.05) is 53.7 Å². The number of H-pyrrole nitrogens is 5. The van der Waals surface area contributed by atoms with Crippen LogP contribution in [0.1, 0.15) is 118 Å². The van der Waals surface area contributed by atoms with Crippen molar-refractivity contribution in [2.75, 3.05) is 6.61 Å². The number of nitrogens with zero attached hydrogens (tertiary/aromatic N) is 12. The van der Waals surface area contributed by atoms with E-state index in [1.54, 1.807) is 27.7 Å². The molecular weight excluding hydrogens is 1540 g/mol. The van der Waals surface area contributed by atoms with Crippen LogP contribution in [-0.2, 0) is 28.4 Å². The van der Waals surface area contributed by atoms with Crippen LogP contribution < -0.4 is 131 Å². The first-order valence-corrected chi connectivity index (χ1v) is 33.7. The number of fused-ring (bicyclic) bond motifs is 4. The van der Waals surface area contributed by atoms with Crippen LogP contribution in [0.3, 0.4) is 0 Å². The number of nitrogens with one attached hydrogen (secondary N) is 6. The summed E-state index contributed by atoms with van der Waals surface area (Å²) in [6, 6.07) is 7.01. The van der Waals surface area contributed by atoms with E-state index in [2.05, 4.69) is 47.3 Å². The average molecular weight is 1630 g/mol. The molecule has 0 aliphatic carbocycles. The average Bonchev–Trinajstić information content (AvgIpc) is 1.60. The van der Waals surface area contributed by atoms with Crippen LogP contribution in [0.4, 0.5) is 26.3 Å². The fraction of sp³-hybridized carbons (Fsp3) is 0.607. The second kappa shape index (κ2) is 45.1. The molecule has 1 unspecified atom stereocenters. The number of halogens is 6. The number of nitrogens with two attached hydrogens (primary N) is 1. The van der Waals surface area contributed by atoms with Crippen molar-refractivity contribution in [3.63, 3.8) is 0 Å². The van der Waals surface area contributed by atoms with E-state index in [9.17, 15) is 94.4 Å². The Kier molecular flexibility index (Phi) is 38.8. The maximum absolute atomic E-state index is 14.0. The Hall–Kier alpha value is -8.06. The van der Waals surface area contributed by atoms with Gasteiger partial charge in [0.15, 0.2) is 80.5 Å². The number of aliphatic hydroxyl groups excluding tert-OH is 4. The standard InChI is InChI=1S/2C11H15FN2O3.2C10H13FN2O4.C10H11FN2O3.C9H11FN2O5.H3N6O.H2NO.2Na/c2*1-3-7-6(2)9(12)10(17-7)14-5-4-8(15)13-11(14)16;2*1-2-5-8(15)7(11)9(17-5)13-4-3-6(14)12-10(13)16;1-2-5-8-7(11)9(15-5)13-4-3-6(14)12-10(13)16-8;10-6-7(15)4(3-13)17-8(6)12-2-1-5(14)11-9(12)16;1-2-3-4-5-6-7;1-2;;/h2*4-7,9-10H,3H2,1-2H3,(H,13,15,16);2*3-5,7-9,15H,2H2,1H3,(H,12,14,16);3-5,7-9H,2H2,1H3;1-2,4,6-8,13,15H,3H2,(H,11,14,16);(H3-,1,2,3,4,5,6,7);1-2H;;/q;;;;;;2*-1;2*+1/t6-,7+,9+,10+;6-,7-,9-,10-;5-,7-,8+,9-;5-,7-,8-,9-;5-,7-,8?,9-;4-,6-,7-,8-;;;;/m011111..../s1. The minimum Gasteiger partial charge on any atom is -0.553 e. The SMILES string of the molecule is CC[C@H]1O[C@@H](n2ccc(=O)[nH]c2=O)[C@H](F)[C@@H]1C.CC[C@H]1O[C@@H](n2ccc(=O)[nH]c2=O)[C@H](F)[C@@H]1O.CC[C@H]1O[C@@H](n2ccc(=O)[nH]c2=O)[C@H](F)[C@H]1C.CC[C@H]1O[C@@H](n2ccc(=O)[nH]c2=O)[C@H](F)[C@H]1O.CC[C@H]1O[C@@H]2[C@H](F)C1Oc1nc(=O)ccn12.N/N=N/N=N/[N-]O.O=c1ccn([C@@H]2O[C@H](CO)[C@@H](O)[C@H]2F)c(=O)[nH]1.[NH-]O.[Na+].[Na+]. The number of hydrogen-bond donors (Lipinski definition) is 12. The number of aromatic amines is 5. The zero-order valence-corrected chi connectivity index (χ0v) is 65.3. The van der Waals surface area contributed by atoms with Gasteiger partial charge in [-0.2, -0.15) is 4.98 Å². The summed E-state index contributed by atoms with van der Waals surface area (Å²) in [6.07, 6.45) is -12.7. The summed E-state index contributed by atoms with van der Waals surface area (Å²) >= 11 is 0. The van der Waals surface area contributed by atoms with Crippen molar-refractivity contribution < 1.29 is 149 Å². The Morgan fingerprint density at radius 2 is 0.714 bits per heavy atom. The first kappa shape index (κ1) is 96.3. The Morgan fingerprint density at radius 1 is 0.438 bits per heavy atom. The normalized spacial score (nSPS) is 30.8. The molecule has 6 fully saturated rings. The molecule has 112 heavy (non-hydrogen) atoms. The predicted molar refractivity (Wildman–Crippen MR) is 362 cm³/mol. The molecule has 13 rings (SSSR count). The molecule has 13 heterocycles. The van der Waals surface area contributed by atoms with Crippen molar-refractivity contribution >= 4 is 0 Å². The zero-order chi connectivity index (χ0) is 81.7. The number of alkyl halides is 6. The Balaban J connectivity index is 0.000000276. The summed E-state index contributed by atoms with van der Waals surface area (Å²) in [6.45, 7) is 12.2. The van der Waals surface area contributed by atoms with Gasteiger partial charge in [0.25, 0.3) is 33.4 Å². The van der Waals surface area contributed by atoms with Gasteiger partial charge < -0.3 is 75.7 Å². The van der Waals surface area contributed by atoms with E-state index < -0.39 is 186 Å². The number of ether oxygens (including phenoxy) is 7. The smallest absolute Gasteiger partial charge is 0.553 e. The van der Waals surface area contributed by atoms with Crippen LogP contribution in [0.15, 0.2) is 147 Å². The number of aliphatic hydroxyl groups is 4. The maximum atomic E-state index is 14.0. The van der Waals surface area contributed by atoms with Gasteiger partial charge in [-0.25, -0.2) is 60.8 Å². The van der Waals surface area contributed by atoms with E-state index in [4.69, 9.17) is 54.6 Å². The Labute approximate surface area is 669 Å². The van der Waals surface area contributed by atoms with Crippen molar-refractivity contribution in [2.24, 2.45) is 38.6 Å². The molecule has 51 heteroatoms. The molecule has 14 N–H and O–H groups in total. The second-order valence-electron chi connectivity index (χ2n) is 24.6. The van der Waals surface area contributed by atoms with Crippen molar-refractivity contribution in [3.8, 4) is 6.01 Å². The molecule has 6 aromatic rings. The summed E-state index contributed by atoms with van der Waals surface area (Å²) in [4.78, 5) is 137. The summed E-state index contributed by atoms with van der Waals surface area (Å²) in [5, 5.41) is 61.9. The van der Waals surface area contributed by atoms with Gasteiger partial charge in [-0.15, -0.1) is 5.22 Å². The fourth-order valence-electron chi connectivity index (χ4n) is 12.1. The molecule has 24 atom stereocenters. The van der Waals surface area contributed by atoms with Gasteiger partial charge in [0, 0.05) is 85.4 Å². The second-order valence-corrected chi connectivity index (χ2v) is 24.6. The quantitative estimate of drug-likeness (QED) is 0.0169. The van der Waals surface area contributed by atoms with Crippen LogP contribution >= 0.6 is 0 Å². The summed E-state index contributed by atoms with van der Waals surface area (Å²) in [7, 11) is 0. The van der Waals surface area contributed by atoms with Gasteiger partial charge in [0.05, 0.1) is 31.0 Å². The molecule has 0 spiro atoms. The number of rotatable bonds is 13. The van der Waals surface area contributed by atoms with E-state index in [-0.39, 0.29) is 95.3 Å². The molecule has 0 amide bonds. The number of aromatic nitrogens is 12. The molecule has 2 bridgehead atoms. The van der Waals surface area contributed by atoms with Crippen molar-refractivity contribution in [3.05, 3.63) is 200 Å². The Bertz CT molecular complexity index is 4160. The minimum atomic E-state index is -1.85. The summed E-state index contributed by atoms with van der Waals surface area (Å²) < 4.78 is 127. The van der Waals surface area contributed by atoms with Crippen molar-refractivity contribution in [2.45, 2.75) is 216 Å². The van der Waals surface area contributed by atoms with Gasteiger partial charge in [0.1, 0.15) is 30.5 Å². The molecule has 0 aromatic carbocycles. The van der Waals surface area contributed by atoms with Crippen LogP contribution in [0.5, 0.6) is 6.01 Å². The molecule has 0 radical (unpaired) electrons. The molecule has 7 aliphatic rings. The molecule has 6 aromatic heterocycles. The summed E-state index contributed by atoms with van der Waals surface area (Å²) in [5.74, 6) is 8.68. The van der Waals surface area contributed by atoms with Crippen molar-refractivity contribution in [1.29, 1.82) is 0 Å². The third-order valence-corrected chi connectivity index (χ3v) is 17.8. The van der Waals surface area contributed by atoms with Crippen LogP contribution in [0.25, 0.3) is 11.5 Å². The molecule has 610 valence electrons. The van der Waals surface area contributed by atoms with E-state index in [0.29, 0.717) is 32.1 Å². The largest absolute Gasteiger partial charge is 1.00 e. The first-order chi connectivity index (χ1) is 52.3. The molecule has 43 nitrogen and oxygen atoms in total. The van der Waals surface area contributed by atoms with Gasteiger partial charge in [0.2, 0.25) is 0 Å². The predicted octanol–water partition coefficient (Wildman–Crippen LogP) is -5.71. The van der Waals surface area contributed by atoms with E-state index in [1.165, 1.54) is 41.4 Å². The minimum absolute atomic E-state index is 0. The summed E-state index contributed by atoms with van der Waals surface area (Å²) in [5.41, 5.74) is -4.55. The van der Waals surface area contributed by atoms with Crippen LogP contribution in [0.2, 0.25) is 0 Å². The van der Waals surface area contributed by atoms with E-state index in [0.717, 1.165) is 59.6 Å².